The molecule has 1 aromatic heterocycles. The van der Waals surface area contributed by atoms with E-state index in [2.05, 4.69) is 29.5 Å². The number of hydrogen-bond donors (Lipinski definition) is 2. The predicted octanol–water partition coefficient (Wildman–Crippen LogP) is 5.76. The van der Waals surface area contributed by atoms with Gasteiger partial charge >= 0.3 is 0 Å². The van der Waals surface area contributed by atoms with E-state index in [0.717, 1.165) is 11.1 Å². The lowest BCUT2D eigenvalue weighted by atomic mass is 10.0. The van der Waals surface area contributed by atoms with E-state index in [1.807, 2.05) is 30.3 Å². The summed E-state index contributed by atoms with van der Waals surface area (Å²) in [7, 11) is 3.13. The van der Waals surface area contributed by atoms with Crippen LogP contribution in [0.4, 0.5) is 5.69 Å². The zero-order chi connectivity index (χ0) is 24.2. The van der Waals surface area contributed by atoms with Gasteiger partial charge in [0, 0.05) is 11.1 Å². The Morgan fingerprint density at radius 1 is 1.00 bits per heavy atom. The van der Waals surface area contributed by atoms with Crippen molar-refractivity contribution in [1.82, 2.24) is 10.3 Å². The molecule has 4 rings (SSSR count). The van der Waals surface area contributed by atoms with E-state index in [-0.39, 0.29) is 11.0 Å². The molecule has 0 atom stereocenters. The maximum absolute atomic E-state index is 12.5. The van der Waals surface area contributed by atoms with Crippen molar-refractivity contribution >= 4 is 40.0 Å². The second-order valence-electron chi connectivity index (χ2n) is 7.95. The number of fused-ring (bicyclic) bond motifs is 1. The first-order valence-corrected chi connectivity index (χ1v) is 11.1. The predicted molar refractivity (Wildman–Crippen MR) is 137 cm³/mol. The zero-order valence-corrected chi connectivity index (χ0v) is 20.2. The highest BCUT2D eigenvalue weighted by Gasteiger charge is 2.15. The largest absolute Gasteiger partial charge is 0.497 e. The van der Waals surface area contributed by atoms with Crippen LogP contribution in [-0.2, 0) is 0 Å². The fraction of sp³-hybridized carbons (Fsp3) is 0.192. The van der Waals surface area contributed by atoms with Crippen LogP contribution in [0.2, 0.25) is 0 Å². The van der Waals surface area contributed by atoms with Gasteiger partial charge in [0.25, 0.3) is 5.91 Å². The molecule has 34 heavy (non-hydrogen) atoms. The van der Waals surface area contributed by atoms with E-state index in [1.54, 1.807) is 44.6 Å². The number of carbonyl (C=O) groups excluding carboxylic acids is 1. The third kappa shape index (κ3) is 5.02. The molecule has 3 aromatic carbocycles. The van der Waals surface area contributed by atoms with Crippen molar-refractivity contribution in [3.05, 3.63) is 71.8 Å². The molecule has 0 aliphatic carbocycles. The Hall–Kier alpha value is -3.91. The topological polar surface area (TPSA) is 85.6 Å². The van der Waals surface area contributed by atoms with E-state index in [0.29, 0.717) is 40.1 Å². The molecule has 0 aliphatic rings. The van der Waals surface area contributed by atoms with Crippen LogP contribution in [0.1, 0.15) is 35.7 Å². The molecule has 0 saturated carbocycles. The molecule has 174 valence electrons. The molecule has 0 aliphatic heterocycles. The van der Waals surface area contributed by atoms with Gasteiger partial charge < -0.3 is 19.2 Å². The molecule has 1 heterocycles. The minimum Gasteiger partial charge on any atom is -0.497 e. The Bertz CT molecular complexity index is 1350. The molecule has 8 heteroatoms. The van der Waals surface area contributed by atoms with Crippen molar-refractivity contribution in [2.45, 2.75) is 19.8 Å². The first-order valence-electron chi connectivity index (χ1n) is 10.7. The van der Waals surface area contributed by atoms with Crippen LogP contribution >= 0.6 is 12.2 Å². The summed E-state index contributed by atoms with van der Waals surface area (Å²) in [6, 6.07) is 18.2. The van der Waals surface area contributed by atoms with Crippen LogP contribution < -0.4 is 20.1 Å². The van der Waals surface area contributed by atoms with Crippen LogP contribution in [0.25, 0.3) is 22.6 Å². The molecule has 0 unspecified atom stereocenters. The number of benzene rings is 3. The highest BCUT2D eigenvalue weighted by Crippen LogP contribution is 2.32. The summed E-state index contributed by atoms with van der Waals surface area (Å²) >= 11 is 5.36. The lowest BCUT2D eigenvalue weighted by Crippen LogP contribution is -2.34. The first kappa shape index (κ1) is 23.3. The molecular weight excluding hydrogens is 450 g/mol. The summed E-state index contributed by atoms with van der Waals surface area (Å²) < 4.78 is 16.5. The zero-order valence-electron chi connectivity index (χ0n) is 19.3. The van der Waals surface area contributed by atoms with Crippen LogP contribution in [0, 0.1) is 0 Å². The summed E-state index contributed by atoms with van der Waals surface area (Å²) in [5.74, 6) is 1.77. The maximum atomic E-state index is 12.5. The number of carbonyl (C=O) groups is 1. The fourth-order valence-electron chi connectivity index (χ4n) is 3.44. The Morgan fingerprint density at radius 3 is 2.44 bits per heavy atom. The van der Waals surface area contributed by atoms with Gasteiger partial charge in [0.2, 0.25) is 5.89 Å². The standard InChI is InChI=1S/C26H25N3O4S/c1-15(2)17-7-12-23-21(13-17)27-25(33-23)18-8-11-22(32-4)20(14-18)28-26(34)29-24(30)16-5-9-19(31-3)10-6-16/h5-15H,1-4H3,(H2,28,29,30,34). The van der Waals surface area contributed by atoms with Gasteiger partial charge in [0.1, 0.15) is 17.0 Å². The van der Waals surface area contributed by atoms with Crippen LogP contribution in [-0.4, -0.2) is 30.2 Å². The summed E-state index contributed by atoms with van der Waals surface area (Å²) in [6.45, 7) is 4.28. The molecular formula is C26H25N3O4S. The quantitative estimate of drug-likeness (QED) is 0.343. The monoisotopic (exact) mass is 475 g/mol. The van der Waals surface area contributed by atoms with Crippen molar-refractivity contribution in [1.29, 1.82) is 0 Å². The van der Waals surface area contributed by atoms with Crippen molar-refractivity contribution in [2.75, 3.05) is 19.5 Å². The second-order valence-corrected chi connectivity index (χ2v) is 8.36. The Kier molecular flexibility index (Phi) is 6.79. The van der Waals surface area contributed by atoms with Crippen molar-refractivity contribution in [3.8, 4) is 23.0 Å². The van der Waals surface area contributed by atoms with Gasteiger partial charge in [-0.2, -0.15) is 0 Å². The molecule has 2 N–H and O–H groups in total. The molecule has 0 radical (unpaired) electrons. The fourth-order valence-corrected chi connectivity index (χ4v) is 3.64. The van der Waals surface area contributed by atoms with E-state index in [1.165, 1.54) is 5.56 Å². The molecule has 7 nitrogen and oxygen atoms in total. The number of methoxy groups -OCH3 is 2. The van der Waals surface area contributed by atoms with Crippen molar-refractivity contribution < 1.29 is 18.7 Å². The minimum atomic E-state index is -0.338. The average molecular weight is 476 g/mol. The van der Waals surface area contributed by atoms with E-state index < -0.39 is 0 Å². The highest BCUT2D eigenvalue weighted by atomic mass is 32.1. The van der Waals surface area contributed by atoms with E-state index in [4.69, 9.17) is 26.1 Å². The number of oxazole rings is 1. The van der Waals surface area contributed by atoms with Crippen LogP contribution in [0.5, 0.6) is 11.5 Å². The Morgan fingerprint density at radius 2 is 1.76 bits per heavy atom. The number of thiocarbonyl (C=S) groups is 1. The Balaban J connectivity index is 1.54. The number of hydrogen-bond acceptors (Lipinski definition) is 6. The minimum absolute atomic E-state index is 0.135. The van der Waals surface area contributed by atoms with Crippen molar-refractivity contribution in [3.63, 3.8) is 0 Å². The number of anilines is 1. The Labute approximate surface area is 203 Å². The second kappa shape index (κ2) is 9.93. The van der Waals surface area contributed by atoms with Gasteiger partial charge in [-0.3, -0.25) is 10.1 Å². The van der Waals surface area contributed by atoms with Gasteiger partial charge in [-0.1, -0.05) is 19.9 Å². The summed E-state index contributed by atoms with van der Waals surface area (Å²) in [5, 5.41) is 5.84. The number of ether oxygens (including phenoxy) is 2. The third-order valence-electron chi connectivity index (χ3n) is 5.35. The molecule has 0 saturated heterocycles. The summed E-state index contributed by atoms with van der Waals surface area (Å²) in [5.41, 5.74) is 4.49. The summed E-state index contributed by atoms with van der Waals surface area (Å²) in [6.07, 6.45) is 0. The number of nitrogens with zero attached hydrogens (tertiary/aromatic N) is 1. The van der Waals surface area contributed by atoms with Crippen LogP contribution in [0.15, 0.2) is 65.1 Å². The lowest BCUT2D eigenvalue weighted by molar-refractivity contribution is 0.0977. The number of nitrogens with one attached hydrogen (secondary N) is 2. The van der Waals surface area contributed by atoms with Crippen molar-refractivity contribution in [2.24, 2.45) is 0 Å². The van der Waals surface area contributed by atoms with Gasteiger partial charge in [-0.25, -0.2) is 4.98 Å². The normalized spacial score (nSPS) is 10.9. The number of aromatic nitrogens is 1. The molecule has 0 bridgehead atoms. The van der Waals surface area contributed by atoms with Gasteiger partial charge in [-0.15, -0.1) is 0 Å². The average Bonchev–Trinajstić information content (AvgIpc) is 3.27. The molecule has 1 amide bonds. The molecule has 0 spiro atoms. The summed E-state index contributed by atoms with van der Waals surface area (Å²) in [4.78, 5) is 17.2. The maximum Gasteiger partial charge on any atom is 0.257 e. The van der Waals surface area contributed by atoms with E-state index >= 15 is 0 Å². The SMILES string of the molecule is COc1ccc(C(=O)NC(=S)Nc2cc(-c3nc4cc(C(C)C)ccc4o3)ccc2OC)cc1. The molecule has 4 aromatic rings. The van der Waals surface area contributed by atoms with Crippen LogP contribution in [0.3, 0.4) is 0 Å². The van der Waals surface area contributed by atoms with Gasteiger partial charge in [0.15, 0.2) is 10.7 Å². The first-order chi connectivity index (χ1) is 16.4. The number of rotatable bonds is 6. The third-order valence-corrected chi connectivity index (χ3v) is 5.56. The van der Waals surface area contributed by atoms with Gasteiger partial charge in [-0.05, 0) is 78.3 Å². The molecule has 0 fully saturated rings. The lowest BCUT2D eigenvalue weighted by Gasteiger charge is -2.13. The number of amides is 1. The van der Waals surface area contributed by atoms with Gasteiger partial charge in [0.05, 0.1) is 19.9 Å². The smallest absolute Gasteiger partial charge is 0.257 e. The highest BCUT2D eigenvalue weighted by molar-refractivity contribution is 7.80. The van der Waals surface area contributed by atoms with E-state index in [9.17, 15) is 4.79 Å².